The number of hydrogen-bond acceptors (Lipinski definition) is 5. The zero-order valence-corrected chi connectivity index (χ0v) is 12.3. The van der Waals surface area contributed by atoms with Gasteiger partial charge in [-0.15, -0.1) is 0 Å². The number of hydrogen-bond donors (Lipinski definition) is 1. The molecule has 1 aliphatic rings. The van der Waals surface area contributed by atoms with Crippen molar-refractivity contribution in [3.63, 3.8) is 0 Å². The fourth-order valence-electron chi connectivity index (χ4n) is 2.10. The first kappa shape index (κ1) is 15.4. The van der Waals surface area contributed by atoms with Crippen molar-refractivity contribution in [2.75, 3.05) is 6.54 Å². The zero-order valence-electron chi connectivity index (χ0n) is 11.6. The molecule has 0 saturated carbocycles. The van der Waals surface area contributed by atoms with Crippen LogP contribution in [0.1, 0.15) is 19.4 Å². The minimum Gasteiger partial charge on any atom is -0.294 e. The van der Waals surface area contributed by atoms with Gasteiger partial charge in [0.1, 0.15) is 5.02 Å². The van der Waals surface area contributed by atoms with Gasteiger partial charge in [0.2, 0.25) is 11.8 Å². The van der Waals surface area contributed by atoms with Gasteiger partial charge in [-0.05, 0) is 25.5 Å². The fourth-order valence-corrected chi connectivity index (χ4v) is 2.29. The largest absolute Gasteiger partial charge is 0.294 e. The first-order chi connectivity index (χ1) is 9.71. The summed E-state index contributed by atoms with van der Waals surface area (Å²) < 4.78 is 0. The lowest BCUT2D eigenvalue weighted by molar-refractivity contribution is -0.384. The van der Waals surface area contributed by atoms with E-state index in [1.807, 2.05) is 0 Å². The highest BCUT2D eigenvalue weighted by Gasteiger charge is 2.40. The van der Waals surface area contributed by atoms with Gasteiger partial charge in [0.25, 0.3) is 5.69 Å². The Kier molecular flexibility index (Phi) is 3.97. The summed E-state index contributed by atoms with van der Waals surface area (Å²) in [5.41, 5.74) is -0.455. The molecular weight excluding hydrogens is 298 g/mol. The molecule has 2 amide bonds. The molecule has 0 atom stereocenters. The predicted molar refractivity (Wildman–Crippen MR) is 75.7 cm³/mol. The number of halogens is 1. The van der Waals surface area contributed by atoms with E-state index in [9.17, 15) is 19.7 Å². The summed E-state index contributed by atoms with van der Waals surface area (Å²) in [7, 11) is 0. The quantitative estimate of drug-likeness (QED) is 0.518. The zero-order chi connectivity index (χ0) is 15.8. The summed E-state index contributed by atoms with van der Waals surface area (Å²) in [4.78, 5) is 35.3. The lowest BCUT2D eigenvalue weighted by Crippen LogP contribution is -2.63. The van der Waals surface area contributed by atoms with Crippen LogP contribution in [0.2, 0.25) is 5.02 Å². The van der Waals surface area contributed by atoms with Crippen LogP contribution in [0.4, 0.5) is 5.69 Å². The van der Waals surface area contributed by atoms with Crippen LogP contribution in [-0.4, -0.2) is 33.7 Å². The number of carbonyl (C=O) groups is 2. The number of nitrogens with zero attached hydrogens (tertiary/aromatic N) is 2. The molecule has 0 radical (unpaired) electrons. The Morgan fingerprint density at radius 2 is 2.10 bits per heavy atom. The first-order valence-corrected chi connectivity index (χ1v) is 6.62. The van der Waals surface area contributed by atoms with Crippen LogP contribution >= 0.6 is 11.6 Å². The van der Waals surface area contributed by atoms with Crippen LogP contribution in [0, 0.1) is 10.1 Å². The number of imide groups is 1. The van der Waals surface area contributed by atoms with Crippen molar-refractivity contribution in [1.29, 1.82) is 0 Å². The smallest absolute Gasteiger partial charge is 0.288 e. The predicted octanol–water partition coefficient (Wildman–Crippen LogP) is 1.49. The molecule has 1 aromatic carbocycles. The van der Waals surface area contributed by atoms with Crippen LogP contribution in [-0.2, 0) is 16.1 Å². The minimum atomic E-state index is -0.873. The molecule has 7 nitrogen and oxygen atoms in total. The second-order valence-electron chi connectivity index (χ2n) is 5.34. The van der Waals surface area contributed by atoms with Crippen LogP contribution in [0.15, 0.2) is 18.2 Å². The lowest BCUT2D eigenvalue weighted by atomic mass is 9.97. The fraction of sp³-hybridized carbons (Fsp3) is 0.385. The molecular formula is C13H14ClN3O4. The Morgan fingerprint density at radius 1 is 1.43 bits per heavy atom. The van der Waals surface area contributed by atoms with Crippen LogP contribution in [0.25, 0.3) is 0 Å². The third kappa shape index (κ3) is 3.03. The summed E-state index contributed by atoms with van der Waals surface area (Å²) in [5.74, 6) is -0.773. The average Bonchev–Trinajstić information content (AvgIpc) is 2.38. The highest BCUT2D eigenvalue weighted by Crippen LogP contribution is 2.27. The van der Waals surface area contributed by atoms with E-state index in [-0.39, 0.29) is 35.6 Å². The van der Waals surface area contributed by atoms with E-state index in [1.54, 1.807) is 24.8 Å². The van der Waals surface area contributed by atoms with E-state index in [2.05, 4.69) is 5.32 Å². The van der Waals surface area contributed by atoms with Crippen LogP contribution < -0.4 is 5.32 Å². The molecule has 21 heavy (non-hydrogen) atoms. The van der Waals surface area contributed by atoms with Gasteiger partial charge < -0.3 is 0 Å². The van der Waals surface area contributed by atoms with Crippen LogP contribution in [0.3, 0.4) is 0 Å². The number of nitro groups is 1. The highest BCUT2D eigenvalue weighted by molar-refractivity contribution is 6.32. The van der Waals surface area contributed by atoms with Gasteiger partial charge in [0.05, 0.1) is 17.0 Å². The Morgan fingerprint density at radius 3 is 2.71 bits per heavy atom. The van der Waals surface area contributed by atoms with E-state index >= 15 is 0 Å². The Balaban J connectivity index is 2.28. The molecule has 1 saturated heterocycles. The highest BCUT2D eigenvalue weighted by atomic mass is 35.5. The van der Waals surface area contributed by atoms with Crippen molar-refractivity contribution in [2.24, 2.45) is 0 Å². The van der Waals surface area contributed by atoms with Crippen molar-refractivity contribution >= 4 is 29.1 Å². The second-order valence-corrected chi connectivity index (χ2v) is 5.74. The normalized spacial score (nSPS) is 18.4. The van der Waals surface area contributed by atoms with Gasteiger partial charge in [-0.3, -0.25) is 29.9 Å². The van der Waals surface area contributed by atoms with E-state index in [1.165, 1.54) is 12.1 Å². The molecule has 0 aromatic heterocycles. The summed E-state index contributed by atoms with van der Waals surface area (Å²) in [5, 5.41) is 13.2. The summed E-state index contributed by atoms with van der Waals surface area (Å²) in [6.45, 7) is 3.68. The van der Waals surface area contributed by atoms with Gasteiger partial charge >= 0.3 is 0 Å². The summed E-state index contributed by atoms with van der Waals surface area (Å²) in [6, 6.07) is 4.44. The molecule has 0 bridgehead atoms. The van der Waals surface area contributed by atoms with E-state index in [0.29, 0.717) is 5.56 Å². The molecule has 2 rings (SSSR count). The lowest BCUT2D eigenvalue weighted by Gasteiger charge is -2.40. The number of piperazine rings is 1. The standard InChI is InChI=1S/C13H14ClN3O4/c1-13(2)12(19)15-11(18)7-16(13)6-8-3-4-9(14)10(5-8)17(20)21/h3-5H,6-7H2,1-2H3,(H,15,18,19). The number of nitro benzene ring substituents is 1. The third-order valence-corrected chi connectivity index (χ3v) is 3.83. The van der Waals surface area contributed by atoms with Crippen molar-refractivity contribution in [3.05, 3.63) is 38.9 Å². The maximum Gasteiger partial charge on any atom is 0.288 e. The monoisotopic (exact) mass is 311 g/mol. The van der Waals surface area contributed by atoms with Crippen molar-refractivity contribution < 1.29 is 14.5 Å². The molecule has 0 spiro atoms. The van der Waals surface area contributed by atoms with Crippen LogP contribution in [0.5, 0.6) is 0 Å². The third-order valence-electron chi connectivity index (χ3n) is 3.51. The Labute approximate surface area is 126 Å². The van der Waals surface area contributed by atoms with Crippen molar-refractivity contribution in [1.82, 2.24) is 10.2 Å². The van der Waals surface area contributed by atoms with E-state index in [4.69, 9.17) is 11.6 Å². The molecule has 0 aliphatic carbocycles. The van der Waals surface area contributed by atoms with E-state index in [0.717, 1.165) is 0 Å². The van der Waals surface area contributed by atoms with Gasteiger partial charge in [-0.1, -0.05) is 17.7 Å². The Bertz CT molecular complexity index is 630. The van der Waals surface area contributed by atoms with Gasteiger partial charge in [0.15, 0.2) is 0 Å². The molecule has 1 fully saturated rings. The maximum atomic E-state index is 11.9. The van der Waals surface area contributed by atoms with Crippen molar-refractivity contribution in [2.45, 2.75) is 25.9 Å². The average molecular weight is 312 g/mol. The number of carbonyl (C=O) groups excluding carboxylic acids is 2. The van der Waals surface area contributed by atoms with Crippen molar-refractivity contribution in [3.8, 4) is 0 Å². The molecule has 1 aromatic rings. The summed E-state index contributed by atoms with van der Waals surface area (Å²) in [6.07, 6.45) is 0. The minimum absolute atomic E-state index is 0.0508. The van der Waals surface area contributed by atoms with Gasteiger partial charge in [-0.25, -0.2) is 0 Å². The molecule has 112 valence electrons. The molecule has 0 unspecified atom stereocenters. The SMILES string of the molecule is CC1(C)C(=O)NC(=O)CN1Cc1ccc(Cl)c([N+](=O)[O-])c1. The number of nitrogens with one attached hydrogen (secondary N) is 1. The molecule has 1 heterocycles. The Hall–Kier alpha value is -1.99. The van der Waals surface area contributed by atoms with Gasteiger partial charge in [-0.2, -0.15) is 0 Å². The number of rotatable bonds is 3. The molecule has 1 N–H and O–H groups in total. The maximum absolute atomic E-state index is 11.9. The topological polar surface area (TPSA) is 92.6 Å². The van der Waals surface area contributed by atoms with E-state index < -0.39 is 10.5 Å². The first-order valence-electron chi connectivity index (χ1n) is 6.24. The molecule has 8 heteroatoms. The molecule has 1 aliphatic heterocycles. The summed E-state index contributed by atoms with van der Waals surface area (Å²) >= 11 is 5.76. The number of benzene rings is 1. The second kappa shape index (κ2) is 5.42. The number of amides is 2. The van der Waals surface area contributed by atoms with Gasteiger partial charge in [0, 0.05) is 12.6 Å².